The van der Waals surface area contributed by atoms with Crippen molar-refractivity contribution in [2.75, 3.05) is 7.11 Å². The Morgan fingerprint density at radius 2 is 2.36 bits per heavy atom. The molecule has 5 heteroatoms. The van der Waals surface area contributed by atoms with Crippen molar-refractivity contribution in [2.24, 2.45) is 5.73 Å². The summed E-state index contributed by atoms with van der Waals surface area (Å²) in [7, 11) is 1.49. The van der Waals surface area contributed by atoms with Crippen LogP contribution in [0.4, 0.5) is 0 Å². The molecule has 0 unspecified atom stereocenters. The van der Waals surface area contributed by atoms with E-state index >= 15 is 0 Å². The lowest BCUT2D eigenvalue weighted by Crippen LogP contribution is -2.12. The molecule has 0 saturated heterocycles. The van der Waals surface area contributed by atoms with Gasteiger partial charge in [0, 0.05) is 6.07 Å². The maximum atomic E-state index is 11.1. The van der Waals surface area contributed by atoms with E-state index in [4.69, 9.17) is 10.5 Å². The van der Waals surface area contributed by atoms with Gasteiger partial charge in [-0.15, -0.1) is 0 Å². The van der Waals surface area contributed by atoms with Crippen LogP contribution in [0.15, 0.2) is 18.5 Å². The van der Waals surface area contributed by atoms with E-state index < -0.39 is 5.91 Å². The third kappa shape index (κ3) is 1.19. The number of rotatable bonds is 2. The van der Waals surface area contributed by atoms with Crippen LogP contribution in [0, 0.1) is 0 Å². The second kappa shape index (κ2) is 3.02. The number of hydrogen-bond donors (Lipinski definition) is 2. The highest BCUT2D eigenvalue weighted by Crippen LogP contribution is 2.23. The average molecular weight is 191 g/mol. The van der Waals surface area contributed by atoms with Crippen molar-refractivity contribution in [1.29, 1.82) is 0 Å². The van der Waals surface area contributed by atoms with Gasteiger partial charge in [0.25, 0.3) is 5.91 Å². The highest BCUT2D eigenvalue weighted by Gasteiger charge is 2.11. The molecule has 72 valence electrons. The number of carbonyl (C=O) groups is 1. The number of amides is 1. The molecule has 0 radical (unpaired) electrons. The first-order valence-electron chi connectivity index (χ1n) is 4.03. The normalized spacial score (nSPS) is 10.4. The van der Waals surface area contributed by atoms with Crippen LogP contribution in [0.1, 0.15) is 10.4 Å². The third-order valence-corrected chi connectivity index (χ3v) is 2.01. The summed E-state index contributed by atoms with van der Waals surface area (Å²) < 4.78 is 5.03. The second-order valence-electron chi connectivity index (χ2n) is 2.84. The summed E-state index contributed by atoms with van der Waals surface area (Å²) in [5, 5.41) is 0. The van der Waals surface area contributed by atoms with Gasteiger partial charge < -0.3 is 15.5 Å². The minimum Gasteiger partial charge on any atom is -0.496 e. The van der Waals surface area contributed by atoms with Crippen LogP contribution in [0.25, 0.3) is 11.0 Å². The zero-order valence-corrected chi connectivity index (χ0v) is 7.57. The van der Waals surface area contributed by atoms with Crippen LogP contribution >= 0.6 is 0 Å². The number of primary amides is 1. The molecule has 14 heavy (non-hydrogen) atoms. The third-order valence-electron chi connectivity index (χ3n) is 2.01. The first kappa shape index (κ1) is 8.55. The Hall–Kier alpha value is -2.04. The summed E-state index contributed by atoms with van der Waals surface area (Å²) in [4.78, 5) is 18.0. The van der Waals surface area contributed by atoms with Gasteiger partial charge in [0.2, 0.25) is 0 Å². The number of carbonyl (C=O) groups excluding carboxylic acids is 1. The maximum absolute atomic E-state index is 11.1. The SMILES string of the molecule is COc1cc2nc[nH]c2cc1C(N)=O. The number of aromatic amines is 1. The molecule has 0 bridgehead atoms. The van der Waals surface area contributed by atoms with E-state index in [1.54, 1.807) is 18.5 Å². The molecule has 1 aromatic carbocycles. The van der Waals surface area contributed by atoms with Gasteiger partial charge in [0.15, 0.2) is 0 Å². The number of nitrogens with zero attached hydrogens (tertiary/aromatic N) is 1. The number of hydrogen-bond acceptors (Lipinski definition) is 3. The predicted molar refractivity (Wildman–Crippen MR) is 51.2 cm³/mol. The van der Waals surface area contributed by atoms with Crippen LogP contribution in [0.3, 0.4) is 0 Å². The topological polar surface area (TPSA) is 81.0 Å². The van der Waals surface area contributed by atoms with Gasteiger partial charge in [-0.1, -0.05) is 0 Å². The molecule has 0 spiro atoms. The monoisotopic (exact) mass is 191 g/mol. The number of nitrogens with one attached hydrogen (secondary N) is 1. The largest absolute Gasteiger partial charge is 0.496 e. The quantitative estimate of drug-likeness (QED) is 0.732. The molecule has 0 aliphatic rings. The van der Waals surface area contributed by atoms with Crippen molar-refractivity contribution in [2.45, 2.75) is 0 Å². The Kier molecular flexibility index (Phi) is 1.85. The number of methoxy groups -OCH3 is 1. The van der Waals surface area contributed by atoms with Crippen LogP contribution in [-0.2, 0) is 0 Å². The smallest absolute Gasteiger partial charge is 0.252 e. The summed E-state index contributed by atoms with van der Waals surface area (Å²) in [5.41, 5.74) is 7.05. The molecule has 0 aliphatic heterocycles. The minimum absolute atomic E-state index is 0.351. The van der Waals surface area contributed by atoms with E-state index in [2.05, 4.69) is 9.97 Å². The molecule has 2 aromatic rings. The number of benzene rings is 1. The molecule has 1 heterocycles. The Morgan fingerprint density at radius 1 is 1.57 bits per heavy atom. The summed E-state index contributed by atoms with van der Waals surface area (Å²) in [5.74, 6) is -0.0737. The Balaban J connectivity index is 2.72. The fourth-order valence-electron chi connectivity index (χ4n) is 1.32. The molecule has 0 fully saturated rings. The van der Waals surface area contributed by atoms with E-state index in [0.29, 0.717) is 11.3 Å². The summed E-state index contributed by atoms with van der Waals surface area (Å²) in [6.07, 6.45) is 1.55. The fourth-order valence-corrected chi connectivity index (χ4v) is 1.32. The van der Waals surface area contributed by atoms with Crippen LogP contribution in [0.2, 0.25) is 0 Å². The van der Waals surface area contributed by atoms with Gasteiger partial charge in [-0.05, 0) is 6.07 Å². The van der Waals surface area contributed by atoms with Gasteiger partial charge in [0.1, 0.15) is 5.75 Å². The standard InChI is InChI=1S/C9H9N3O2/c1-14-8-3-7-6(11-4-12-7)2-5(8)9(10)13/h2-4H,1H3,(H2,10,13)(H,11,12). The van der Waals surface area contributed by atoms with E-state index in [1.165, 1.54) is 7.11 Å². The minimum atomic E-state index is -0.515. The lowest BCUT2D eigenvalue weighted by Gasteiger charge is -2.04. The number of fused-ring (bicyclic) bond motifs is 1. The van der Waals surface area contributed by atoms with Crippen molar-refractivity contribution >= 4 is 16.9 Å². The van der Waals surface area contributed by atoms with Gasteiger partial charge in [-0.25, -0.2) is 4.98 Å². The van der Waals surface area contributed by atoms with Gasteiger partial charge >= 0.3 is 0 Å². The first-order valence-corrected chi connectivity index (χ1v) is 4.03. The van der Waals surface area contributed by atoms with E-state index in [1.807, 2.05) is 0 Å². The average Bonchev–Trinajstić information content (AvgIpc) is 2.62. The van der Waals surface area contributed by atoms with Crippen molar-refractivity contribution in [3.63, 3.8) is 0 Å². The van der Waals surface area contributed by atoms with Crippen molar-refractivity contribution < 1.29 is 9.53 Å². The zero-order valence-electron chi connectivity index (χ0n) is 7.57. The second-order valence-corrected chi connectivity index (χ2v) is 2.84. The first-order chi connectivity index (χ1) is 6.72. The molecule has 3 N–H and O–H groups in total. The van der Waals surface area contributed by atoms with Crippen molar-refractivity contribution in [3.05, 3.63) is 24.0 Å². The van der Waals surface area contributed by atoms with Gasteiger partial charge in [-0.2, -0.15) is 0 Å². The van der Waals surface area contributed by atoms with Crippen molar-refractivity contribution in [1.82, 2.24) is 9.97 Å². The lowest BCUT2D eigenvalue weighted by atomic mass is 10.1. The molecule has 0 aliphatic carbocycles. The molecular weight excluding hydrogens is 182 g/mol. The summed E-state index contributed by atoms with van der Waals surface area (Å²) in [6, 6.07) is 3.30. The van der Waals surface area contributed by atoms with E-state index in [-0.39, 0.29) is 0 Å². The Morgan fingerprint density at radius 3 is 3.00 bits per heavy atom. The highest BCUT2D eigenvalue weighted by atomic mass is 16.5. The molecule has 5 nitrogen and oxygen atoms in total. The lowest BCUT2D eigenvalue weighted by molar-refractivity contribution is 0.0997. The number of H-pyrrole nitrogens is 1. The highest BCUT2D eigenvalue weighted by molar-refractivity contribution is 5.99. The fraction of sp³-hybridized carbons (Fsp3) is 0.111. The Labute approximate surface area is 79.9 Å². The van der Waals surface area contributed by atoms with Gasteiger partial charge in [0.05, 0.1) is 30.0 Å². The predicted octanol–water partition coefficient (Wildman–Crippen LogP) is 0.670. The van der Waals surface area contributed by atoms with Crippen LogP contribution in [-0.4, -0.2) is 23.0 Å². The van der Waals surface area contributed by atoms with E-state index in [0.717, 1.165) is 11.0 Å². The van der Waals surface area contributed by atoms with E-state index in [9.17, 15) is 4.79 Å². The summed E-state index contributed by atoms with van der Waals surface area (Å²) in [6.45, 7) is 0. The number of aromatic nitrogens is 2. The van der Waals surface area contributed by atoms with Gasteiger partial charge in [-0.3, -0.25) is 4.79 Å². The molecule has 1 aromatic heterocycles. The molecule has 0 atom stereocenters. The molecule has 2 rings (SSSR count). The zero-order chi connectivity index (χ0) is 10.1. The molecule has 1 amide bonds. The Bertz CT molecular complexity index is 490. The van der Waals surface area contributed by atoms with Crippen LogP contribution in [0.5, 0.6) is 5.75 Å². The number of ether oxygens (including phenoxy) is 1. The number of imidazole rings is 1. The number of nitrogens with two attached hydrogens (primary N) is 1. The van der Waals surface area contributed by atoms with Crippen LogP contribution < -0.4 is 10.5 Å². The summed E-state index contributed by atoms with van der Waals surface area (Å²) >= 11 is 0. The maximum Gasteiger partial charge on any atom is 0.252 e. The molecule has 0 saturated carbocycles. The molecular formula is C9H9N3O2. The van der Waals surface area contributed by atoms with Crippen molar-refractivity contribution in [3.8, 4) is 5.75 Å².